The molecule has 0 aliphatic heterocycles. The summed E-state index contributed by atoms with van der Waals surface area (Å²) in [6.07, 6.45) is 2.26. The smallest absolute Gasteiger partial charge is 0.872 e. The Kier molecular flexibility index (Phi) is 11.4. The first-order chi connectivity index (χ1) is 16.5. The molecule has 4 rings (SSSR count). The summed E-state index contributed by atoms with van der Waals surface area (Å²) in [5, 5.41) is 23.5. The van der Waals surface area contributed by atoms with E-state index in [1.807, 2.05) is 24.3 Å². The van der Waals surface area contributed by atoms with Gasteiger partial charge in [-0.1, -0.05) is 133 Å². The predicted octanol–water partition coefficient (Wildman–Crippen LogP) is 4.16. The van der Waals surface area contributed by atoms with E-state index in [-0.39, 0.29) is 50.4 Å². The number of ketones is 2. The largest absolute Gasteiger partial charge is 2.00 e. The summed E-state index contributed by atoms with van der Waals surface area (Å²) < 4.78 is 0. The number of hydrogen-bond acceptors (Lipinski definition) is 4. The average molecular weight is 654 g/mol. The normalized spacial score (nSPS) is 10.9. The molecule has 0 saturated heterocycles. The maximum Gasteiger partial charge on any atom is 2.00 e. The molecule has 0 aliphatic rings. The van der Waals surface area contributed by atoms with Crippen LogP contribution in [-0.2, 0) is 0 Å². The van der Waals surface area contributed by atoms with Gasteiger partial charge in [-0.15, -0.1) is 0 Å². The zero-order chi connectivity index (χ0) is 24.2. The van der Waals surface area contributed by atoms with Crippen molar-refractivity contribution in [3.63, 3.8) is 0 Å². The van der Waals surface area contributed by atoms with Crippen LogP contribution >= 0.6 is 0 Å². The minimum absolute atomic E-state index is 0. The molecular formula is C30H22O4Pb. The van der Waals surface area contributed by atoms with Gasteiger partial charge in [-0.25, -0.2) is 0 Å². The van der Waals surface area contributed by atoms with Crippen molar-refractivity contribution in [1.82, 2.24) is 0 Å². The monoisotopic (exact) mass is 654 g/mol. The molecule has 0 heterocycles. The Balaban J connectivity index is 0.000000240. The fourth-order valence-electron chi connectivity index (χ4n) is 2.98. The van der Waals surface area contributed by atoms with E-state index in [2.05, 4.69) is 0 Å². The molecule has 5 heteroatoms. The van der Waals surface area contributed by atoms with E-state index in [1.54, 1.807) is 97.1 Å². The van der Waals surface area contributed by atoms with Gasteiger partial charge in [0.15, 0.2) is 11.6 Å². The standard InChI is InChI=1S/2C15H12O2.Pb/c2*16-14(12-7-3-1-4-8-12)11-15(17)13-9-5-2-6-10-13;/h2*1-11,16H;/q;;+2/p-2/b2*14-11-;. The number of allylic oxidation sites excluding steroid dienone is 2. The van der Waals surface area contributed by atoms with Gasteiger partial charge in [0.05, 0.1) is 0 Å². The van der Waals surface area contributed by atoms with Crippen molar-refractivity contribution in [2.75, 3.05) is 0 Å². The van der Waals surface area contributed by atoms with E-state index in [0.29, 0.717) is 22.3 Å². The molecule has 0 fully saturated rings. The van der Waals surface area contributed by atoms with Crippen LogP contribution in [0.2, 0.25) is 0 Å². The molecule has 0 spiro atoms. The van der Waals surface area contributed by atoms with E-state index in [1.165, 1.54) is 0 Å². The van der Waals surface area contributed by atoms with Crippen molar-refractivity contribution < 1.29 is 19.8 Å². The van der Waals surface area contributed by atoms with Gasteiger partial charge in [0.25, 0.3) is 0 Å². The van der Waals surface area contributed by atoms with Crippen molar-refractivity contribution in [3.8, 4) is 0 Å². The van der Waals surface area contributed by atoms with Crippen LogP contribution in [-0.4, -0.2) is 38.9 Å². The topological polar surface area (TPSA) is 80.3 Å². The maximum atomic E-state index is 11.8. The summed E-state index contributed by atoms with van der Waals surface area (Å²) in [6.45, 7) is 0. The number of rotatable bonds is 6. The third-order valence-electron chi connectivity index (χ3n) is 4.76. The van der Waals surface area contributed by atoms with E-state index < -0.39 is 0 Å². The van der Waals surface area contributed by atoms with Gasteiger partial charge in [0, 0.05) is 11.1 Å². The zero-order valence-electron chi connectivity index (χ0n) is 18.8. The summed E-state index contributed by atoms with van der Waals surface area (Å²) in [4.78, 5) is 23.5. The molecular weight excluding hydrogens is 632 g/mol. The van der Waals surface area contributed by atoms with E-state index in [9.17, 15) is 19.8 Å². The fraction of sp³-hybridized carbons (Fsp3) is 0. The van der Waals surface area contributed by atoms with Gasteiger partial charge in [0.2, 0.25) is 0 Å². The van der Waals surface area contributed by atoms with Crippen LogP contribution in [0.1, 0.15) is 31.8 Å². The van der Waals surface area contributed by atoms with Crippen LogP contribution in [0, 0.1) is 0 Å². The molecule has 4 aromatic rings. The average Bonchev–Trinajstić information content (AvgIpc) is 2.91. The maximum absolute atomic E-state index is 11.8. The van der Waals surface area contributed by atoms with Gasteiger partial charge >= 0.3 is 27.3 Å². The van der Waals surface area contributed by atoms with E-state index >= 15 is 0 Å². The Morgan fingerprint density at radius 2 is 0.657 bits per heavy atom. The van der Waals surface area contributed by atoms with E-state index in [0.717, 1.165) is 12.2 Å². The van der Waals surface area contributed by atoms with Crippen LogP contribution in [0.25, 0.3) is 11.5 Å². The first-order valence-corrected chi connectivity index (χ1v) is 10.6. The molecule has 35 heavy (non-hydrogen) atoms. The molecule has 2 radical (unpaired) electrons. The summed E-state index contributed by atoms with van der Waals surface area (Å²) in [5.74, 6) is -1.06. The third kappa shape index (κ3) is 8.83. The second-order valence-electron chi connectivity index (χ2n) is 7.21. The second-order valence-corrected chi connectivity index (χ2v) is 7.21. The minimum atomic E-state index is -0.264. The van der Waals surface area contributed by atoms with Crippen molar-refractivity contribution in [3.05, 3.63) is 156 Å². The summed E-state index contributed by atoms with van der Waals surface area (Å²) >= 11 is 0. The molecule has 4 nitrogen and oxygen atoms in total. The van der Waals surface area contributed by atoms with E-state index in [4.69, 9.17) is 0 Å². The van der Waals surface area contributed by atoms with Gasteiger partial charge < -0.3 is 10.2 Å². The summed E-state index contributed by atoms with van der Waals surface area (Å²) in [7, 11) is 0. The third-order valence-corrected chi connectivity index (χ3v) is 4.76. The Bertz CT molecular complexity index is 1160. The fourth-order valence-corrected chi connectivity index (χ4v) is 2.98. The molecule has 0 bridgehead atoms. The first kappa shape index (κ1) is 27.5. The second kappa shape index (κ2) is 14.5. The van der Waals surface area contributed by atoms with Crippen LogP contribution in [0.5, 0.6) is 0 Å². The number of carbonyl (C=O) groups is 2. The molecule has 4 aromatic carbocycles. The van der Waals surface area contributed by atoms with Gasteiger partial charge in [-0.2, -0.15) is 0 Å². The summed E-state index contributed by atoms with van der Waals surface area (Å²) in [6, 6.07) is 35.0. The number of hydrogen-bond donors (Lipinski definition) is 0. The van der Waals surface area contributed by atoms with Crippen LogP contribution in [0.15, 0.2) is 133 Å². The predicted molar refractivity (Wildman–Crippen MR) is 136 cm³/mol. The molecule has 0 N–H and O–H groups in total. The molecule has 0 amide bonds. The molecule has 0 aromatic heterocycles. The Hall–Kier alpha value is -3.78. The Labute approximate surface area is 225 Å². The van der Waals surface area contributed by atoms with Gasteiger partial charge in [0.1, 0.15) is 0 Å². The molecule has 0 atom stereocenters. The summed E-state index contributed by atoms with van der Waals surface area (Å²) in [5.41, 5.74) is 2.10. The molecule has 170 valence electrons. The van der Waals surface area contributed by atoms with Crippen LogP contribution in [0.4, 0.5) is 0 Å². The van der Waals surface area contributed by atoms with Crippen molar-refractivity contribution in [1.29, 1.82) is 0 Å². The van der Waals surface area contributed by atoms with Crippen LogP contribution < -0.4 is 10.2 Å². The van der Waals surface area contributed by atoms with Gasteiger partial charge in [-0.05, 0) is 23.3 Å². The quantitative estimate of drug-likeness (QED) is 0.136. The van der Waals surface area contributed by atoms with Crippen molar-refractivity contribution >= 4 is 50.4 Å². The van der Waals surface area contributed by atoms with Crippen LogP contribution in [0.3, 0.4) is 0 Å². The first-order valence-electron chi connectivity index (χ1n) is 10.6. The Morgan fingerprint density at radius 3 is 0.914 bits per heavy atom. The van der Waals surface area contributed by atoms with Gasteiger partial charge in [-0.3, -0.25) is 9.59 Å². The zero-order valence-corrected chi connectivity index (χ0v) is 22.7. The molecule has 0 saturated carbocycles. The minimum Gasteiger partial charge on any atom is -0.872 e. The molecule has 0 unspecified atom stereocenters. The number of carbonyl (C=O) groups excluding carboxylic acids is 2. The van der Waals surface area contributed by atoms with Crippen molar-refractivity contribution in [2.24, 2.45) is 0 Å². The van der Waals surface area contributed by atoms with Crippen molar-refractivity contribution in [2.45, 2.75) is 0 Å². The Morgan fingerprint density at radius 1 is 0.429 bits per heavy atom. The molecule has 0 aliphatic carbocycles. The SMILES string of the molecule is O=C(/C=C(\[O-])c1ccccc1)c1ccccc1.O=C(/C=C(\[O-])c1ccccc1)c1ccccc1.[Pb+2]. The number of benzene rings is 4.